The van der Waals surface area contributed by atoms with Gasteiger partial charge in [0.15, 0.2) is 5.96 Å². The molecule has 0 unspecified atom stereocenters. The van der Waals surface area contributed by atoms with Crippen LogP contribution in [0.3, 0.4) is 0 Å². The molecule has 1 heterocycles. The molecule has 0 radical (unpaired) electrons. The zero-order valence-corrected chi connectivity index (χ0v) is 14.6. The minimum absolute atomic E-state index is 0.555. The molecule has 7 heteroatoms. The Morgan fingerprint density at radius 1 is 1.42 bits per heavy atom. The van der Waals surface area contributed by atoms with Crippen molar-refractivity contribution in [2.45, 2.75) is 26.4 Å². The number of halogens is 1. The van der Waals surface area contributed by atoms with Crippen LogP contribution in [0.15, 0.2) is 48.2 Å². The molecule has 0 atom stereocenters. The first kappa shape index (κ1) is 18.0. The van der Waals surface area contributed by atoms with Crippen molar-refractivity contribution in [3.05, 3.63) is 59.7 Å². The lowest BCUT2D eigenvalue weighted by molar-refractivity contribution is 0.633. The van der Waals surface area contributed by atoms with E-state index in [4.69, 9.17) is 11.6 Å². The number of aromatic nitrogens is 3. The van der Waals surface area contributed by atoms with Gasteiger partial charge >= 0.3 is 0 Å². The van der Waals surface area contributed by atoms with Gasteiger partial charge in [-0.2, -0.15) is 0 Å². The normalized spacial score (nSPS) is 11.3. The van der Waals surface area contributed by atoms with Gasteiger partial charge in [0.25, 0.3) is 0 Å². The SMILES string of the molecule is C=CCNC(=NCc1cccc(Cl)c1)NCCn1cnnc1CC. The molecule has 0 fully saturated rings. The summed E-state index contributed by atoms with van der Waals surface area (Å²) in [6, 6.07) is 7.70. The molecule has 0 aliphatic carbocycles. The molecule has 24 heavy (non-hydrogen) atoms. The van der Waals surface area contributed by atoms with Gasteiger partial charge in [0.2, 0.25) is 0 Å². The van der Waals surface area contributed by atoms with Crippen LogP contribution >= 0.6 is 11.6 Å². The molecule has 6 nitrogen and oxygen atoms in total. The van der Waals surface area contributed by atoms with Crippen LogP contribution in [0.4, 0.5) is 0 Å². The third-order valence-electron chi connectivity index (χ3n) is 3.38. The number of nitrogens with zero attached hydrogens (tertiary/aromatic N) is 4. The highest BCUT2D eigenvalue weighted by Gasteiger charge is 2.02. The van der Waals surface area contributed by atoms with Crippen LogP contribution < -0.4 is 10.6 Å². The monoisotopic (exact) mass is 346 g/mol. The molecular formula is C17H23ClN6. The Hall–Kier alpha value is -2.34. The maximum Gasteiger partial charge on any atom is 0.191 e. The van der Waals surface area contributed by atoms with Crippen LogP contribution in [0.25, 0.3) is 0 Å². The van der Waals surface area contributed by atoms with Crippen molar-refractivity contribution in [3.8, 4) is 0 Å². The molecule has 2 N–H and O–H groups in total. The number of guanidine groups is 1. The van der Waals surface area contributed by atoms with E-state index in [0.717, 1.165) is 41.9 Å². The largest absolute Gasteiger partial charge is 0.355 e. The van der Waals surface area contributed by atoms with Crippen LogP contribution in [0.2, 0.25) is 5.02 Å². The van der Waals surface area contributed by atoms with E-state index in [1.807, 2.05) is 28.8 Å². The predicted octanol–water partition coefficient (Wildman–Crippen LogP) is 2.42. The van der Waals surface area contributed by atoms with Gasteiger partial charge in [-0.25, -0.2) is 4.99 Å². The standard InChI is InChI=1S/C17H23ClN6/c1-3-8-19-17(21-12-14-6-5-7-15(18)11-14)20-9-10-24-13-22-23-16(24)4-2/h3,5-7,11,13H,1,4,8-10,12H2,2H3,(H2,19,20,21). The van der Waals surface area contributed by atoms with Crippen LogP contribution in [0, 0.1) is 0 Å². The van der Waals surface area contributed by atoms with Gasteiger partial charge in [-0.15, -0.1) is 16.8 Å². The first-order chi connectivity index (χ1) is 11.7. The van der Waals surface area contributed by atoms with Gasteiger partial charge in [-0.3, -0.25) is 0 Å². The van der Waals surface area contributed by atoms with Crippen molar-refractivity contribution in [1.29, 1.82) is 0 Å². The minimum Gasteiger partial charge on any atom is -0.355 e. The van der Waals surface area contributed by atoms with Crippen LogP contribution in [-0.4, -0.2) is 33.8 Å². The molecule has 2 aromatic rings. The highest BCUT2D eigenvalue weighted by Crippen LogP contribution is 2.11. The molecule has 0 bridgehead atoms. The molecule has 1 aromatic carbocycles. The molecular weight excluding hydrogens is 324 g/mol. The maximum absolute atomic E-state index is 6.01. The van der Waals surface area contributed by atoms with Gasteiger partial charge in [0, 0.05) is 31.1 Å². The van der Waals surface area contributed by atoms with E-state index in [2.05, 4.69) is 39.3 Å². The van der Waals surface area contributed by atoms with E-state index in [0.29, 0.717) is 13.1 Å². The minimum atomic E-state index is 0.555. The van der Waals surface area contributed by atoms with Crippen molar-refractivity contribution in [1.82, 2.24) is 25.4 Å². The topological polar surface area (TPSA) is 67.1 Å². The van der Waals surface area contributed by atoms with Gasteiger partial charge in [0.1, 0.15) is 12.2 Å². The Kier molecular flexibility index (Phi) is 7.29. The summed E-state index contributed by atoms with van der Waals surface area (Å²) in [5.74, 6) is 1.72. The number of aliphatic imine (C=N–C) groups is 1. The smallest absolute Gasteiger partial charge is 0.191 e. The number of benzene rings is 1. The molecule has 1 aromatic heterocycles. The lowest BCUT2D eigenvalue weighted by atomic mass is 10.2. The summed E-state index contributed by atoms with van der Waals surface area (Å²) < 4.78 is 2.04. The lowest BCUT2D eigenvalue weighted by Crippen LogP contribution is -2.39. The van der Waals surface area contributed by atoms with Gasteiger partial charge < -0.3 is 15.2 Å². The first-order valence-electron chi connectivity index (χ1n) is 7.97. The van der Waals surface area contributed by atoms with Crippen molar-refractivity contribution in [3.63, 3.8) is 0 Å². The average Bonchev–Trinajstić information content (AvgIpc) is 3.04. The molecule has 0 saturated carbocycles. The number of rotatable bonds is 8. The number of hydrogen-bond donors (Lipinski definition) is 2. The molecule has 0 saturated heterocycles. The second kappa shape index (κ2) is 9.72. The van der Waals surface area contributed by atoms with Crippen LogP contribution in [0.1, 0.15) is 18.3 Å². The second-order valence-electron chi connectivity index (χ2n) is 5.19. The molecule has 128 valence electrons. The first-order valence-corrected chi connectivity index (χ1v) is 8.35. The van der Waals surface area contributed by atoms with E-state index in [9.17, 15) is 0 Å². The summed E-state index contributed by atoms with van der Waals surface area (Å²) in [5, 5.41) is 15.3. The maximum atomic E-state index is 6.01. The summed E-state index contributed by atoms with van der Waals surface area (Å²) >= 11 is 6.01. The van der Waals surface area contributed by atoms with Crippen molar-refractivity contribution >= 4 is 17.6 Å². The highest BCUT2D eigenvalue weighted by atomic mass is 35.5. The third kappa shape index (κ3) is 5.70. The Morgan fingerprint density at radius 3 is 3.04 bits per heavy atom. The van der Waals surface area contributed by atoms with E-state index in [-0.39, 0.29) is 0 Å². The Balaban J connectivity index is 1.92. The zero-order chi connectivity index (χ0) is 17.2. The van der Waals surface area contributed by atoms with Gasteiger partial charge in [-0.05, 0) is 17.7 Å². The highest BCUT2D eigenvalue weighted by molar-refractivity contribution is 6.30. The number of aryl methyl sites for hydroxylation is 1. The summed E-state index contributed by atoms with van der Waals surface area (Å²) in [6.07, 6.45) is 4.41. The van der Waals surface area contributed by atoms with E-state index < -0.39 is 0 Å². The predicted molar refractivity (Wildman–Crippen MR) is 98.2 cm³/mol. The number of hydrogen-bond acceptors (Lipinski definition) is 3. The summed E-state index contributed by atoms with van der Waals surface area (Å²) in [7, 11) is 0. The van der Waals surface area contributed by atoms with Crippen molar-refractivity contribution < 1.29 is 0 Å². The Labute approximate surface area is 147 Å². The van der Waals surface area contributed by atoms with Crippen LogP contribution in [-0.2, 0) is 19.5 Å². The van der Waals surface area contributed by atoms with E-state index in [1.54, 1.807) is 12.4 Å². The zero-order valence-electron chi connectivity index (χ0n) is 13.9. The van der Waals surface area contributed by atoms with Crippen molar-refractivity contribution in [2.24, 2.45) is 4.99 Å². The summed E-state index contributed by atoms with van der Waals surface area (Å²) in [4.78, 5) is 4.58. The second-order valence-corrected chi connectivity index (χ2v) is 5.62. The summed E-state index contributed by atoms with van der Waals surface area (Å²) in [6.45, 7) is 8.50. The fourth-order valence-corrected chi connectivity index (χ4v) is 2.40. The summed E-state index contributed by atoms with van der Waals surface area (Å²) in [5.41, 5.74) is 1.06. The van der Waals surface area contributed by atoms with Crippen LogP contribution in [0.5, 0.6) is 0 Å². The van der Waals surface area contributed by atoms with Gasteiger partial charge in [-0.1, -0.05) is 36.7 Å². The molecule has 0 spiro atoms. The van der Waals surface area contributed by atoms with E-state index >= 15 is 0 Å². The Morgan fingerprint density at radius 2 is 2.29 bits per heavy atom. The molecule has 2 rings (SSSR count). The van der Waals surface area contributed by atoms with Crippen molar-refractivity contribution in [2.75, 3.05) is 13.1 Å². The Bertz CT molecular complexity index is 679. The van der Waals surface area contributed by atoms with Gasteiger partial charge in [0.05, 0.1) is 6.54 Å². The van der Waals surface area contributed by atoms with E-state index in [1.165, 1.54) is 0 Å². The fraction of sp³-hybridized carbons (Fsp3) is 0.353. The number of nitrogens with one attached hydrogen (secondary N) is 2. The quantitative estimate of drug-likeness (QED) is 0.437. The molecule has 0 amide bonds. The molecule has 0 aliphatic rings. The third-order valence-corrected chi connectivity index (χ3v) is 3.61. The lowest BCUT2D eigenvalue weighted by Gasteiger charge is -2.12. The average molecular weight is 347 g/mol. The fourth-order valence-electron chi connectivity index (χ4n) is 2.18. The molecule has 0 aliphatic heterocycles.